The van der Waals surface area contributed by atoms with Crippen LogP contribution in [0, 0.1) is 6.92 Å². The van der Waals surface area contributed by atoms with Gasteiger partial charge >= 0.3 is 0 Å². The Bertz CT molecular complexity index is 707. The fourth-order valence-corrected chi connectivity index (χ4v) is 2.25. The minimum absolute atomic E-state index is 0.684. The second kappa shape index (κ2) is 5.27. The van der Waals surface area contributed by atoms with Crippen molar-refractivity contribution in [2.24, 2.45) is 0 Å². The fraction of sp³-hybridized carbons (Fsp3) is 0.125. The number of nitrogens with zero attached hydrogens (tertiary/aromatic N) is 3. The Kier molecular flexibility index (Phi) is 3.31. The lowest BCUT2D eigenvalue weighted by atomic mass is 10.00. The molecule has 2 aromatic carbocycles. The van der Waals surface area contributed by atoms with Gasteiger partial charge in [-0.3, -0.25) is 0 Å². The first-order valence-electron chi connectivity index (χ1n) is 6.47. The van der Waals surface area contributed by atoms with Gasteiger partial charge in [-0.2, -0.15) is 0 Å². The molecule has 1 N–H and O–H groups in total. The molecule has 100 valence electrons. The van der Waals surface area contributed by atoms with Crippen LogP contribution in [-0.2, 0) is 0 Å². The van der Waals surface area contributed by atoms with Gasteiger partial charge in [0.05, 0.1) is 17.6 Å². The van der Waals surface area contributed by atoms with Gasteiger partial charge in [0, 0.05) is 5.56 Å². The van der Waals surface area contributed by atoms with E-state index in [1.165, 1.54) is 0 Å². The molecule has 0 spiro atoms. The highest BCUT2D eigenvalue weighted by molar-refractivity contribution is 5.45. The standard InChI is InChI=1S/C16H15N3O/c1-12-11-17-18-19(12)15-10-6-5-9-14(15)16(20)13-7-3-2-4-8-13/h2-11,16,20H,1H3. The van der Waals surface area contributed by atoms with Gasteiger partial charge in [0.1, 0.15) is 6.10 Å². The lowest BCUT2D eigenvalue weighted by Crippen LogP contribution is -2.08. The molecule has 0 aliphatic heterocycles. The molecule has 0 saturated heterocycles. The van der Waals surface area contributed by atoms with Crippen LogP contribution in [0.15, 0.2) is 60.8 Å². The van der Waals surface area contributed by atoms with E-state index in [9.17, 15) is 5.11 Å². The molecule has 0 amide bonds. The summed E-state index contributed by atoms with van der Waals surface area (Å²) in [5.74, 6) is 0. The molecular weight excluding hydrogens is 250 g/mol. The molecule has 0 aliphatic rings. The molecular formula is C16H15N3O. The molecule has 1 unspecified atom stereocenters. The normalized spacial score (nSPS) is 12.3. The van der Waals surface area contributed by atoms with Crippen LogP contribution in [0.3, 0.4) is 0 Å². The van der Waals surface area contributed by atoms with Crippen molar-refractivity contribution in [3.05, 3.63) is 77.6 Å². The third kappa shape index (κ3) is 2.21. The van der Waals surface area contributed by atoms with E-state index in [1.807, 2.05) is 61.5 Å². The van der Waals surface area contributed by atoms with Crippen molar-refractivity contribution in [1.29, 1.82) is 0 Å². The van der Waals surface area contributed by atoms with Gasteiger partial charge in [-0.25, -0.2) is 4.68 Å². The minimum atomic E-state index is -0.684. The summed E-state index contributed by atoms with van der Waals surface area (Å²) in [6.07, 6.45) is 1.02. The summed E-state index contributed by atoms with van der Waals surface area (Å²) in [4.78, 5) is 0. The Morgan fingerprint density at radius 3 is 2.40 bits per heavy atom. The zero-order valence-electron chi connectivity index (χ0n) is 11.1. The highest BCUT2D eigenvalue weighted by atomic mass is 16.3. The highest BCUT2D eigenvalue weighted by Gasteiger charge is 2.16. The smallest absolute Gasteiger partial charge is 0.106 e. The molecule has 3 aromatic rings. The van der Waals surface area contributed by atoms with Gasteiger partial charge in [-0.1, -0.05) is 53.7 Å². The number of hydrogen-bond acceptors (Lipinski definition) is 3. The largest absolute Gasteiger partial charge is 0.384 e. The number of rotatable bonds is 3. The minimum Gasteiger partial charge on any atom is -0.384 e. The maximum atomic E-state index is 10.6. The van der Waals surface area contributed by atoms with Gasteiger partial charge in [0.25, 0.3) is 0 Å². The van der Waals surface area contributed by atoms with E-state index in [1.54, 1.807) is 10.9 Å². The Hall–Kier alpha value is -2.46. The van der Waals surface area contributed by atoms with E-state index >= 15 is 0 Å². The van der Waals surface area contributed by atoms with Crippen LogP contribution in [0.5, 0.6) is 0 Å². The van der Waals surface area contributed by atoms with Crippen molar-refractivity contribution in [3.8, 4) is 5.69 Å². The zero-order chi connectivity index (χ0) is 13.9. The van der Waals surface area contributed by atoms with Crippen molar-refractivity contribution in [2.45, 2.75) is 13.0 Å². The van der Waals surface area contributed by atoms with Crippen LogP contribution in [0.1, 0.15) is 22.9 Å². The number of benzene rings is 2. The quantitative estimate of drug-likeness (QED) is 0.792. The van der Waals surface area contributed by atoms with Crippen LogP contribution >= 0.6 is 0 Å². The molecule has 20 heavy (non-hydrogen) atoms. The lowest BCUT2D eigenvalue weighted by Gasteiger charge is -2.16. The first-order valence-corrected chi connectivity index (χ1v) is 6.47. The third-order valence-electron chi connectivity index (χ3n) is 3.29. The van der Waals surface area contributed by atoms with Gasteiger partial charge in [-0.15, -0.1) is 5.10 Å². The first kappa shape index (κ1) is 12.6. The maximum absolute atomic E-state index is 10.6. The van der Waals surface area contributed by atoms with Gasteiger partial charge in [0.2, 0.25) is 0 Å². The third-order valence-corrected chi connectivity index (χ3v) is 3.29. The van der Waals surface area contributed by atoms with Gasteiger partial charge < -0.3 is 5.11 Å². The van der Waals surface area contributed by atoms with Crippen LogP contribution in [0.4, 0.5) is 0 Å². The predicted molar refractivity (Wildman–Crippen MR) is 76.6 cm³/mol. The summed E-state index contributed by atoms with van der Waals surface area (Å²) in [7, 11) is 0. The number of aryl methyl sites for hydroxylation is 1. The summed E-state index contributed by atoms with van der Waals surface area (Å²) >= 11 is 0. The Morgan fingerprint density at radius 2 is 1.70 bits per heavy atom. The van der Waals surface area contributed by atoms with Crippen molar-refractivity contribution >= 4 is 0 Å². The van der Waals surface area contributed by atoms with Crippen LogP contribution < -0.4 is 0 Å². The monoisotopic (exact) mass is 265 g/mol. The summed E-state index contributed by atoms with van der Waals surface area (Å²) in [6, 6.07) is 17.3. The summed E-state index contributed by atoms with van der Waals surface area (Å²) in [6.45, 7) is 1.94. The van der Waals surface area contributed by atoms with Crippen molar-refractivity contribution in [1.82, 2.24) is 15.0 Å². The maximum Gasteiger partial charge on any atom is 0.106 e. The van der Waals surface area contributed by atoms with Gasteiger partial charge in [0.15, 0.2) is 0 Å². The molecule has 3 rings (SSSR count). The SMILES string of the molecule is Cc1cnnn1-c1ccccc1C(O)c1ccccc1. The van der Waals surface area contributed by atoms with Crippen LogP contribution in [0.2, 0.25) is 0 Å². The van der Waals surface area contributed by atoms with Crippen molar-refractivity contribution in [3.63, 3.8) is 0 Å². The van der Waals surface area contributed by atoms with E-state index in [-0.39, 0.29) is 0 Å². The Labute approximate surface area is 117 Å². The summed E-state index contributed by atoms with van der Waals surface area (Å²) in [5.41, 5.74) is 3.45. The molecule has 4 nitrogen and oxygen atoms in total. The average Bonchev–Trinajstić information content (AvgIpc) is 2.93. The highest BCUT2D eigenvalue weighted by Crippen LogP contribution is 2.27. The molecule has 0 radical (unpaired) electrons. The molecule has 0 bridgehead atoms. The molecule has 1 aromatic heterocycles. The van der Waals surface area contributed by atoms with Gasteiger partial charge in [-0.05, 0) is 18.6 Å². The summed E-state index contributed by atoms with van der Waals surface area (Å²) in [5, 5.41) is 18.6. The fourth-order valence-electron chi connectivity index (χ4n) is 2.25. The van der Waals surface area contributed by atoms with Crippen LogP contribution in [0.25, 0.3) is 5.69 Å². The second-order valence-electron chi connectivity index (χ2n) is 4.66. The van der Waals surface area contributed by atoms with Crippen molar-refractivity contribution in [2.75, 3.05) is 0 Å². The summed E-state index contributed by atoms with van der Waals surface area (Å²) < 4.78 is 1.74. The molecule has 0 saturated carbocycles. The lowest BCUT2D eigenvalue weighted by molar-refractivity contribution is 0.220. The van der Waals surface area contributed by atoms with E-state index in [4.69, 9.17) is 0 Å². The number of aromatic nitrogens is 3. The predicted octanol–water partition coefficient (Wildman–Crippen LogP) is 2.66. The average molecular weight is 265 g/mol. The zero-order valence-corrected chi connectivity index (χ0v) is 11.1. The number of hydrogen-bond donors (Lipinski definition) is 1. The van der Waals surface area contributed by atoms with E-state index < -0.39 is 6.10 Å². The topological polar surface area (TPSA) is 50.9 Å². The van der Waals surface area contributed by atoms with E-state index in [0.717, 1.165) is 22.5 Å². The van der Waals surface area contributed by atoms with E-state index in [0.29, 0.717) is 0 Å². The Morgan fingerprint density at radius 1 is 1.00 bits per heavy atom. The molecule has 4 heteroatoms. The number of para-hydroxylation sites is 1. The molecule has 1 atom stereocenters. The van der Waals surface area contributed by atoms with Crippen LogP contribution in [-0.4, -0.2) is 20.1 Å². The second-order valence-corrected chi connectivity index (χ2v) is 4.66. The van der Waals surface area contributed by atoms with Crippen molar-refractivity contribution < 1.29 is 5.11 Å². The first-order chi connectivity index (χ1) is 9.77. The Balaban J connectivity index is 2.09. The molecule has 0 aliphatic carbocycles. The molecule has 1 heterocycles. The molecule has 0 fully saturated rings. The van der Waals surface area contributed by atoms with E-state index in [2.05, 4.69) is 10.3 Å². The number of aliphatic hydroxyl groups is 1. The number of aliphatic hydroxyl groups excluding tert-OH is 1.